The molecule has 1 aliphatic heterocycles. The van der Waals surface area contributed by atoms with Gasteiger partial charge in [-0.15, -0.1) is 0 Å². The molecule has 1 aliphatic rings. The third kappa shape index (κ3) is 4.89. The molecule has 0 spiro atoms. The van der Waals surface area contributed by atoms with Gasteiger partial charge in [-0.2, -0.15) is 5.10 Å². The molecule has 2 aromatic carbocycles. The molecule has 2 amide bonds. The zero-order chi connectivity index (χ0) is 22.5. The van der Waals surface area contributed by atoms with Gasteiger partial charge < -0.3 is 10.2 Å². The lowest BCUT2D eigenvalue weighted by atomic mass is 10.1. The van der Waals surface area contributed by atoms with Crippen molar-refractivity contribution in [3.63, 3.8) is 0 Å². The molecule has 1 aromatic heterocycles. The molecule has 0 aliphatic carbocycles. The first-order chi connectivity index (χ1) is 15.5. The van der Waals surface area contributed by atoms with E-state index >= 15 is 0 Å². The minimum absolute atomic E-state index is 0.0251. The Kier molecular flexibility index (Phi) is 6.66. The van der Waals surface area contributed by atoms with Crippen LogP contribution in [0.1, 0.15) is 28.7 Å². The molecule has 0 radical (unpaired) electrons. The van der Waals surface area contributed by atoms with Gasteiger partial charge in [-0.05, 0) is 43.2 Å². The van der Waals surface area contributed by atoms with E-state index < -0.39 is 0 Å². The number of rotatable bonds is 6. The summed E-state index contributed by atoms with van der Waals surface area (Å²) < 4.78 is 1.79. The molecule has 0 unspecified atom stereocenters. The Labute approximate surface area is 188 Å². The van der Waals surface area contributed by atoms with E-state index in [1.54, 1.807) is 4.68 Å². The smallest absolute Gasteiger partial charge is 0.274 e. The first-order valence-corrected chi connectivity index (χ1v) is 11.1. The quantitative estimate of drug-likeness (QED) is 0.651. The van der Waals surface area contributed by atoms with Gasteiger partial charge in [-0.1, -0.05) is 43.3 Å². The topological polar surface area (TPSA) is 70.5 Å². The van der Waals surface area contributed by atoms with E-state index in [1.807, 2.05) is 72.5 Å². The number of hydrogen-bond donors (Lipinski definition) is 1. The summed E-state index contributed by atoms with van der Waals surface area (Å²) >= 11 is 0. The molecule has 166 valence electrons. The number of nitrogens with zero attached hydrogens (tertiary/aromatic N) is 4. The fraction of sp³-hybridized carbons (Fsp3) is 0.320. The Hall–Kier alpha value is -3.45. The zero-order valence-corrected chi connectivity index (χ0v) is 18.6. The van der Waals surface area contributed by atoms with Crippen LogP contribution >= 0.6 is 0 Å². The minimum Gasteiger partial charge on any atom is -0.335 e. The average molecular weight is 432 g/mol. The summed E-state index contributed by atoms with van der Waals surface area (Å²) in [7, 11) is 0. The highest BCUT2D eigenvalue weighted by Gasteiger charge is 2.25. The Balaban J connectivity index is 1.32. The largest absolute Gasteiger partial charge is 0.335 e. The molecule has 1 N–H and O–H groups in total. The van der Waals surface area contributed by atoms with Crippen LogP contribution in [0.4, 0.5) is 5.69 Å². The van der Waals surface area contributed by atoms with Crippen LogP contribution in [0.25, 0.3) is 5.69 Å². The third-order valence-electron chi connectivity index (χ3n) is 5.81. The van der Waals surface area contributed by atoms with Crippen LogP contribution in [0.5, 0.6) is 0 Å². The van der Waals surface area contributed by atoms with E-state index in [4.69, 9.17) is 0 Å². The van der Waals surface area contributed by atoms with E-state index in [-0.39, 0.29) is 11.8 Å². The van der Waals surface area contributed by atoms with E-state index in [2.05, 4.69) is 22.2 Å². The third-order valence-corrected chi connectivity index (χ3v) is 5.81. The van der Waals surface area contributed by atoms with E-state index in [0.717, 1.165) is 29.1 Å². The van der Waals surface area contributed by atoms with Crippen LogP contribution in [0.2, 0.25) is 0 Å². The molecule has 0 atom stereocenters. The minimum atomic E-state index is -0.0660. The zero-order valence-electron chi connectivity index (χ0n) is 18.6. The number of aryl methyl sites for hydroxylation is 2. The summed E-state index contributed by atoms with van der Waals surface area (Å²) in [5, 5.41) is 7.55. The molecule has 7 nitrogen and oxygen atoms in total. The summed E-state index contributed by atoms with van der Waals surface area (Å²) in [6, 6.07) is 19.5. The van der Waals surface area contributed by atoms with Gasteiger partial charge in [-0.25, -0.2) is 4.68 Å². The molecule has 0 bridgehead atoms. The highest BCUT2D eigenvalue weighted by molar-refractivity contribution is 5.93. The molecule has 1 fully saturated rings. The number of carbonyl (C=O) groups is 2. The number of nitrogens with one attached hydrogen (secondary N) is 1. The number of para-hydroxylation sites is 2. The van der Waals surface area contributed by atoms with Crippen molar-refractivity contribution < 1.29 is 9.59 Å². The molecule has 2 heterocycles. The number of carbonyl (C=O) groups excluding carboxylic acids is 2. The molecular formula is C25H29N5O2. The van der Waals surface area contributed by atoms with Gasteiger partial charge in [0.25, 0.3) is 5.91 Å². The van der Waals surface area contributed by atoms with Crippen LogP contribution in [0, 0.1) is 6.92 Å². The van der Waals surface area contributed by atoms with Crippen molar-refractivity contribution in [1.82, 2.24) is 19.6 Å². The Bertz CT molecular complexity index is 1080. The lowest BCUT2D eigenvalue weighted by Gasteiger charge is -2.34. The summed E-state index contributed by atoms with van der Waals surface area (Å²) in [5.41, 5.74) is 4.31. The maximum atomic E-state index is 13.0. The number of benzene rings is 2. The average Bonchev–Trinajstić information content (AvgIpc) is 3.21. The lowest BCUT2D eigenvalue weighted by molar-refractivity contribution is -0.117. The van der Waals surface area contributed by atoms with Crippen molar-refractivity contribution in [2.24, 2.45) is 0 Å². The van der Waals surface area contributed by atoms with Gasteiger partial charge in [0.05, 0.1) is 12.2 Å². The Morgan fingerprint density at radius 3 is 2.38 bits per heavy atom. The summed E-state index contributed by atoms with van der Waals surface area (Å²) in [5.74, 6) is -0.0911. The van der Waals surface area contributed by atoms with Crippen molar-refractivity contribution in [2.45, 2.75) is 20.3 Å². The molecular weight excluding hydrogens is 402 g/mol. The van der Waals surface area contributed by atoms with Crippen molar-refractivity contribution in [3.8, 4) is 5.69 Å². The molecule has 1 saturated heterocycles. The van der Waals surface area contributed by atoms with Gasteiger partial charge in [-0.3, -0.25) is 14.5 Å². The van der Waals surface area contributed by atoms with Crippen molar-refractivity contribution in [2.75, 3.05) is 38.0 Å². The van der Waals surface area contributed by atoms with E-state index in [1.165, 1.54) is 0 Å². The molecule has 7 heteroatoms. The highest BCUT2D eigenvalue weighted by Crippen LogP contribution is 2.16. The predicted octanol–water partition coefficient (Wildman–Crippen LogP) is 3.14. The first-order valence-electron chi connectivity index (χ1n) is 11.1. The maximum absolute atomic E-state index is 13.0. The summed E-state index contributed by atoms with van der Waals surface area (Å²) in [6.45, 7) is 6.82. The molecule has 32 heavy (non-hydrogen) atoms. The standard InChI is InChI=1S/C25H29N5O2/c1-3-20-9-7-8-12-22(20)26-24(31)18-28-13-15-29(16-14-28)25(32)23-17-19(2)30(27-23)21-10-5-4-6-11-21/h4-12,17H,3,13-16,18H2,1-2H3,(H,26,31). The molecule has 3 aromatic rings. The SMILES string of the molecule is CCc1ccccc1NC(=O)CN1CCN(C(=O)c2cc(C)n(-c3ccccc3)n2)CC1. The van der Waals surface area contributed by atoms with Gasteiger partial charge >= 0.3 is 0 Å². The van der Waals surface area contributed by atoms with Gasteiger partial charge in [0.2, 0.25) is 5.91 Å². The number of hydrogen-bond acceptors (Lipinski definition) is 4. The summed E-state index contributed by atoms with van der Waals surface area (Å²) in [6.07, 6.45) is 0.872. The Morgan fingerprint density at radius 2 is 1.66 bits per heavy atom. The van der Waals surface area contributed by atoms with Crippen molar-refractivity contribution in [1.29, 1.82) is 0 Å². The number of anilines is 1. The second-order valence-corrected chi connectivity index (χ2v) is 8.05. The van der Waals surface area contributed by atoms with Gasteiger partial charge in [0.1, 0.15) is 0 Å². The number of piperazine rings is 1. The Morgan fingerprint density at radius 1 is 0.969 bits per heavy atom. The predicted molar refractivity (Wildman–Crippen MR) is 125 cm³/mol. The summed E-state index contributed by atoms with van der Waals surface area (Å²) in [4.78, 5) is 29.4. The number of aromatic nitrogens is 2. The molecule has 0 saturated carbocycles. The van der Waals surface area contributed by atoms with Crippen molar-refractivity contribution >= 4 is 17.5 Å². The number of amides is 2. The fourth-order valence-corrected chi connectivity index (χ4v) is 4.02. The monoisotopic (exact) mass is 431 g/mol. The second-order valence-electron chi connectivity index (χ2n) is 8.05. The highest BCUT2D eigenvalue weighted by atomic mass is 16.2. The lowest BCUT2D eigenvalue weighted by Crippen LogP contribution is -2.50. The van der Waals surface area contributed by atoms with Gasteiger partial charge in [0.15, 0.2) is 5.69 Å². The van der Waals surface area contributed by atoms with Crippen LogP contribution in [0.15, 0.2) is 60.7 Å². The fourth-order valence-electron chi connectivity index (χ4n) is 4.02. The van der Waals surface area contributed by atoms with Crippen LogP contribution in [-0.2, 0) is 11.2 Å². The normalized spacial score (nSPS) is 14.4. The van der Waals surface area contributed by atoms with Crippen LogP contribution in [-0.4, -0.2) is 64.1 Å². The van der Waals surface area contributed by atoms with Gasteiger partial charge in [0, 0.05) is 37.6 Å². The second kappa shape index (κ2) is 9.78. The van der Waals surface area contributed by atoms with Crippen LogP contribution in [0.3, 0.4) is 0 Å². The molecule has 4 rings (SSSR count). The van der Waals surface area contributed by atoms with E-state index in [0.29, 0.717) is 38.4 Å². The van der Waals surface area contributed by atoms with E-state index in [9.17, 15) is 9.59 Å². The maximum Gasteiger partial charge on any atom is 0.274 e. The van der Waals surface area contributed by atoms with Crippen LogP contribution < -0.4 is 5.32 Å². The van der Waals surface area contributed by atoms with Crippen molar-refractivity contribution in [3.05, 3.63) is 77.6 Å². The first kappa shape index (κ1) is 21.8.